The zero-order valence-corrected chi connectivity index (χ0v) is 12.8. The number of carbonyl (C=O) groups excluding carboxylic acids is 1. The summed E-state index contributed by atoms with van der Waals surface area (Å²) >= 11 is 0. The third-order valence-corrected chi connectivity index (χ3v) is 4.31. The zero-order chi connectivity index (χ0) is 14.4. The van der Waals surface area contributed by atoms with Crippen LogP contribution in [0.4, 0.5) is 0 Å². The van der Waals surface area contributed by atoms with Crippen molar-refractivity contribution in [1.82, 2.24) is 0 Å². The van der Waals surface area contributed by atoms with Crippen LogP contribution in [0.5, 0.6) is 0 Å². The Hall–Kier alpha value is -1.37. The minimum Gasteiger partial charge on any atom is -0.299 e. The Kier molecular flexibility index (Phi) is 5.58. The molecule has 2 unspecified atom stereocenters. The number of rotatable bonds is 5. The summed E-state index contributed by atoms with van der Waals surface area (Å²) in [6.45, 7) is 4.29. The molecule has 0 aliphatic heterocycles. The molecule has 0 bridgehead atoms. The summed E-state index contributed by atoms with van der Waals surface area (Å²) in [5.74, 6) is 1.05. The molecular weight excluding hydrogens is 244 g/mol. The first-order valence-corrected chi connectivity index (χ1v) is 7.96. The van der Waals surface area contributed by atoms with Gasteiger partial charge in [0.2, 0.25) is 0 Å². The van der Waals surface area contributed by atoms with Crippen LogP contribution in [0, 0.1) is 12.8 Å². The highest BCUT2D eigenvalue weighted by atomic mass is 16.1. The number of Topliss-reactive ketones (excluding diaryl/α,β-unsaturated/α-hetero) is 1. The molecule has 0 aromatic heterocycles. The van der Waals surface area contributed by atoms with Crippen LogP contribution in [0.1, 0.15) is 62.5 Å². The molecule has 1 nitrogen and oxygen atoms in total. The van der Waals surface area contributed by atoms with Crippen molar-refractivity contribution in [3.05, 3.63) is 47.5 Å². The van der Waals surface area contributed by atoms with Crippen molar-refractivity contribution >= 4 is 5.78 Å². The van der Waals surface area contributed by atoms with Gasteiger partial charge in [0.15, 0.2) is 0 Å². The van der Waals surface area contributed by atoms with Crippen molar-refractivity contribution in [3.8, 4) is 0 Å². The van der Waals surface area contributed by atoms with Gasteiger partial charge in [0.25, 0.3) is 0 Å². The number of hydrogen-bond donors (Lipinski definition) is 0. The first-order chi connectivity index (χ1) is 9.72. The van der Waals surface area contributed by atoms with Crippen molar-refractivity contribution in [3.63, 3.8) is 0 Å². The molecule has 20 heavy (non-hydrogen) atoms. The molecule has 1 heteroatoms. The molecule has 108 valence electrons. The van der Waals surface area contributed by atoms with E-state index in [-0.39, 0.29) is 5.92 Å². The Morgan fingerprint density at radius 2 is 1.95 bits per heavy atom. The SMILES string of the molecule is CCC/C=C/CC1CCCC(=O)C1c1ccc(C)cc1. The fourth-order valence-corrected chi connectivity index (χ4v) is 3.16. The van der Waals surface area contributed by atoms with Gasteiger partial charge in [0.05, 0.1) is 0 Å². The molecule has 1 aliphatic carbocycles. The number of hydrogen-bond acceptors (Lipinski definition) is 1. The quantitative estimate of drug-likeness (QED) is 0.672. The van der Waals surface area contributed by atoms with E-state index < -0.39 is 0 Å². The van der Waals surface area contributed by atoms with E-state index in [9.17, 15) is 4.79 Å². The highest BCUT2D eigenvalue weighted by molar-refractivity contribution is 5.86. The molecule has 1 aromatic carbocycles. The maximum atomic E-state index is 12.4. The third kappa shape index (κ3) is 3.82. The van der Waals surface area contributed by atoms with Crippen LogP contribution < -0.4 is 0 Å². The number of unbranched alkanes of at least 4 members (excludes halogenated alkanes) is 1. The fraction of sp³-hybridized carbons (Fsp3) is 0.526. The molecule has 1 aromatic rings. The van der Waals surface area contributed by atoms with Crippen molar-refractivity contribution in [2.45, 2.75) is 58.3 Å². The number of carbonyl (C=O) groups is 1. The van der Waals surface area contributed by atoms with Gasteiger partial charge in [0.1, 0.15) is 5.78 Å². The molecule has 2 rings (SSSR count). The van der Waals surface area contributed by atoms with Crippen molar-refractivity contribution < 1.29 is 4.79 Å². The van der Waals surface area contributed by atoms with Gasteiger partial charge in [-0.25, -0.2) is 0 Å². The number of benzene rings is 1. The van der Waals surface area contributed by atoms with Gasteiger partial charge in [0, 0.05) is 12.3 Å². The van der Waals surface area contributed by atoms with E-state index in [1.807, 2.05) is 0 Å². The molecule has 2 atom stereocenters. The maximum absolute atomic E-state index is 12.4. The lowest BCUT2D eigenvalue weighted by atomic mass is 9.73. The molecule has 0 heterocycles. The van der Waals surface area contributed by atoms with E-state index in [1.54, 1.807) is 0 Å². The van der Waals surface area contributed by atoms with E-state index in [2.05, 4.69) is 50.3 Å². The second-order valence-corrected chi connectivity index (χ2v) is 6.00. The largest absolute Gasteiger partial charge is 0.299 e. The van der Waals surface area contributed by atoms with Crippen LogP contribution in [0.15, 0.2) is 36.4 Å². The number of aryl methyl sites for hydroxylation is 1. The normalized spacial score (nSPS) is 23.4. The lowest BCUT2D eigenvalue weighted by Crippen LogP contribution is -2.26. The van der Waals surface area contributed by atoms with Gasteiger partial charge in [-0.05, 0) is 44.1 Å². The third-order valence-electron chi connectivity index (χ3n) is 4.31. The van der Waals surface area contributed by atoms with Crippen LogP contribution in [-0.4, -0.2) is 5.78 Å². The van der Waals surface area contributed by atoms with Gasteiger partial charge >= 0.3 is 0 Å². The molecule has 1 aliphatic rings. The summed E-state index contributed by atoms with van der Waals surface area (Å²) in [6.07, 6.45) is 10.9. The van der Waals surface area contributed by atoms with Crippen LogP contribution >= 0.6 is 0 Å². The first-order valence-electron chi connectivity index (χ1n) is 7.96. The van der Waals surface area contributed by atoms with Gasteiger partial charge in [-0.15, -0.1) is 0 Å². The van der Waals surface area contributed by atoms with E-state index in [0.29, 0.717) is 11.7 Å². The minimum atomic E-state index is 0.121. The van der Waals surface area contributed by atoms with E-state index in [1.165, 1.54) is 24.0 Å². The van der Waals surface area contributed by atoms with Crippen LogP contribution in [0.2, 0.25) is 0 Å². The molecule has 0 radical (unpaired) electrons. The van der Waals surface area contributed by atoms with Crippen LogP contribution in [-0.2, 0) is 4.79 Å². The summed E-state index contributed by atoms with van der Waals surface area (Å²) in [4.78, 5) is 12.4. The molecule has 1 saturated carbocycles. The monoisotopic (exact) mass is 270 g/mol. The Balaban J connectivity index is 2.11. The van der Waals surface area contributed by atoms with Gasteiger partial charge < -0.3 is 0 Å². The highest BCUT2D eigenvalue weighted by Gasteiger charge is 2.32. The topological polar surface area (TPSA) is 17.1 Å². The summed E-state index contributed by atoms with van der Waals surface area (Å²) in [5, 5.41) is 0. The smallest absolute Gasteiger partial charge is 0.140 e. The van der Waals surface area contributed by atoms with Crippen molar-refractivity contribution in [1.29, 1.82) is 0 Å². The Bertz CT molecular complexity index is 455. The maximum Gasteiger partial charge on any atom is 0.140 e. The summed E-state index contributed by atoms with van der Waals surface area (Å²) in [5.41, 5.74) is 2.48. The number of ketones is 1. The number of allylic oxidation sites excluding steroid dienone is 2. The Morgan fingerprint density at radius 3 is 2.65 bits per heavy atom. The molecule has 0 N–H and O–H groups in total. The highest BCUT2D eigenvalue weighted by Crippen LogP contribution is 2.37. The van der Waals surface area contributed by atoms with E-state index >= 15 is 0 Å². The molecule has 1 fully saturated rings. The average Bonchev–Trinajstić information content (AvgIpc) is 2.45. The minimum absolute atomic E-state index is 0.121. The van der Waals surface area contributed by atoms with Gasteiger partial charge in [-0.3, -0.25) is 4.79 Å². The predicted octanol–water partition coefficient (Wildman–Crippen LogP) is 5.19. The Labute approximate surface area is 123 Å². The average molecular weight is 270 g/mol. The second-order valence-electron chi connectivity index (χ2n) is 6.00. The van der Waals surface area contributed by atoms with Gasteiger partial charge in [-0.2, -0.15) is 0 Å². The lowest BCUT2D eigenvalue weighted by molar-refractivity contribution is -0.123. The summed E-state index contributed by atoms with van der Waals surface area (Å²) < 4.78 is 0. The first kappa shape index (κ1) is 15.0. The fourth-order valence-electron chi connectivity index (χ4n) is 3.16. The van der Waals surface area contributed by atoms with E-state index in [4.69, 9.17) is 0 Å². The lowest BCUT2D eigenvalue weighted by Gasteiger charge is -2.30. The molecule has 0 amide bonds. The standard InChI is InChI=1S/C19H26O/c1-3-4-5-6-8-16-9-7-10-18(20)19(16)17-13-11-15(2)12-14-17/h5-6,11-14,16,19H,3-4,7-10H2,1-2H3/b6-5+. The summed E-state index contributed by atoms with van der Waals surface area (Å²) in [7, 11) is 0. The summed E-state index contributed by atoms with van der Waals surface area (Å²) in [6, 6.07) is 8.54. The van der Waals surface area contributed by atoms with E-state index in [0.717, 1.165) is 25.7 Å². The molecule has 0 saturated heterocycles. The van der Waals surface area contributed by atoms with Crippen molar-refractivity contribution in [2.24, 2.45) is 5.92 Å². The zero-order valence-electron chi connectivity index (χ0n) is 12.8. The van der Waals surface area contributed by atoms with Crippen molar-refractivity contribution in [2.75, 3.05) is 0 Å². The molecular formula is C19H26O. The van der Waals surface area contributed by atoms with Crippen LogP contribution in [0.25, 0.3) is 0 Å². The molecule has 0 spiro atoms. The van der Waals surface area contributed by atoms with Gasteiger partial charge in [-0.1, -0.05) is 55.3 Å². The second kappa shape index (κ2) is 7.42. The predicted molar refractivity (Wildman–Crippen MR) is 84.9 cm³/mol. The Morgan fingerprint density at radius 1 is 1.20 bits per heavy atom. The van der Waals surface area contributed by atoms with Crippen LogP contribution in [0.3, 0.4) is 0 Å².